The summed E-state index contributed by atoms with van der Waals surface area (Å²) in [5.41, 5.74) is 9.20. The van der Waals surface area contributed by atoms with Crippen molar-refractivity contribution >= 4 is 39.5 Å². The number of carbonyl (C=O) groups is 4. The van der Waals surface area contributed by atoms with Crippen LogP contribution in [0.5, 0.6) is 11.5 Å². The summed E-state index contributed by atoms with van der Waals surface area (Å²) in [6.45, 7) is 18.2. The number of carbonyl (C=O) groups excluding carboxylic acids is 4. The molecular formula is C41H57N5O9S. The Hall–Kier alpha value is -5.18. The number of esters is 1. The molecular weight excluding hydrogens is 739 g/mol. The fourth-order valence-corrected chi connectivity index (χ4v) is 8.16. The van der Waals surface area contributed by atoms with Crippen LogP contribution in [0, 0.1) is 26.7 Å². The Kier molecular flexibility index (Phi) is 16.2. The monoisotopic (exact) mass is 795 g/mol. The van der Waals surface area contributed by atoms with E-state index < -0.39 is 51.6 Å². The van der Waals surface area contributed by atoms with Crippen LogP contribution >= 0.6 is 0 Å². The molecule has 0 saturated carbocycles. The van der Waals surface area contributed by atoms with Crippen molar-refractivity contribution in [1.29, 1.82) is 0 Å². The molecule has 0 radical (unpaired) electrons. The highest BCUT2D eigenvalue weighted by Gasteiger charge is 2.34. The molecule has 15 heteroatoms. The summed E-state index contributed by atoms with van der Waals surface area (Å²) in [6.07, 6.45) is 4.79. The Bertz CT molecular complexity index is 1920. The molecule has 0 aliphatic carbocycles. The summed E-state index contributed by atoms with van der Waals surface area (Å²) in [4.78, 5) is 56.3. The molecule has 2 aromatic rings. The Morgan fingerprint density at radius 2 is 1.70 bits per heavy atom. The number of ketones is 1. The molecule has 0 saturated heterocycles. The van der Waals surface area contributed by atoms with Gasteiger partial charge in [-0.15, -0.1) is 6.58 Å². The van der Waals surface area contributed by atoms with E-state index in [-0.39, 0.29) is 55.1 Å². The van der Waals surface area contributed by atoms with Crippen LogP contribution in [0.2, 0.25) is 0 Å². The first-order valence-electron chi connectivity index (χ1n) is 18.6. The van der Waals surface area contributed by atoms with Crippen LogP contribution in [0.25, 0.3) is 0 Å². The number of guanidine groups is 1. The maximum atomic E-state index is 13.8. The van der Waals surface area contributed by atoms with Crippen LogP contribution in [0.4, 0.5) is 0 Å². The third-order valence-corrected chi connectivity index (χ3v) is 11.3. The first-order chi connectivity index (χ1) is 26.3. The average molecular weight is 796 g/mol. The molecule has 2 amide bonds. The van der Waals surface area contributed by atoms with Crippen molar-refractivity contribution in [2.75, 3.05) is 20.3 Å². The van der Waals surface area contributed by atoms with Gasteiger partial charge < -0.3 is 30.6 Å². The SMILES string of the molecule is C=CCOc1ccc(C[C@@H](NC(C)=O)C(=O)C[C@@H](CCCN=C(N)NS(=O)(=O)c2c(C)c(C)c3c(c2C)CCC(C)(C)O3)C(=O)N[C@@H](CC=C)C(=O)OC)cc1. The lowest BCUT2D eigenvalue weighted by atomic mass is 9.88. The lowest BCUT2D eigenvalue weighted by molar-refractivity contribution is -0.145. The number of rotatable bonds is 20. The van der Waals surface area contributed by atoms with E-state index in [4.69, 9.17) is 19.9 Å². The van der Waals surface area contributed by atoms with Gasteiger partial charge in [-0.3, -0.25) is 19.4 Å². The highest BCUT2D eigenvalue weighted by atomic mass is 32.2. The second kappa shape index (κ2) is 20.1. The number of nitrogens with zero attached hydrogens (tertiary/aromatic N) is 1. The van der Waals surface area contributed by atoms with Crippen LogP contribution in [0.3, 0.4) is 0 Å². The third kappa shape index (κ3) is 12.4. The molecule has 1 heterocycles. The van der Waals surface area contributed by atoms with Gasteiger partial charge in [-0.05, 0) is 113 Å². The van der Waals surface area contributed by atoms with E-state index in [1.807, 2.05) is 20.8 Å². The maximum absolute atomic E-state index is 13.8. The summed E-state index contributed by atoms with van der Waals surface area (Å²) in [5.74, 6) is -2.05. The first kappa shape index (κ1) is 45.2. The minimum atomic E-state index is -4.14. The second-order valence-corrected chi connectivity index (χ2v) is 16.2. The highest BCUT2D eigenvalue weighted by molar-refractivity contribution is 7.90. The van der Waals surface area contributed by atoms with Gasteiger partial charge in [0.25, 0.3) is 10.0 Å². The molecule has 3 rings (SSSR count). The molecule has 0 spiro atoms. The number of hydrogen-bond donors (Lipinski definition) is 4. The van der Waals surface area contributed by atoms with E-state index in [0.717, 1.165) is 23.1 Å². The molecule has 56 heavy (non-hydrogen) atoms. The lowest BCUT2D eigenvalue weighted by Gasteiger charge is -2.35. The Morgan fingerprint density at radius 3 is 2.30 bits per heavy atom. The molecule has 0 unspecified atom stereocenters. The van der Waals surface area contributed by atoms with Gasteiger partial charge in [0, 0.05) is 25.8 Å². The first-order valence-corrected chi connectivity index (χ1v) is 20.1. The van der Waals surface area contributed by atoms with E-state index in [1.165, 1.54) is 20.1 Å². The summed E-state index contributed by atoms with van der Waals surface area (Å²) in [7, 11) is -2.94. The summed E-state index contributed by atoms with van der Waals surface area (Å²) >= 11 is 0. The van der Waals surface area contributed by atoms with Crippen LogP contribution in [-0.4, -0.2) is 75.9 Å². The fourth-order valence-electron chi connectivity index (χ4n) is 6.64. The number of Topliss-reactive ketones (excluding diaryl/α,β-unsaturated/α-hetero) is 1. The van der Waals surface area contributed by atoms with Crippen molar-refractivity contribution in [2.45, 2.75) is 109 Å². The number of aliphatic imine (C=N–C) groups is 1. The number of nitrogens with one attached hydrogen (secondary N) is 3. The number of nitrogens with two attached hydrogens (primary N) is 1. The van der Waals surface area contributed by atoms with E-state index in [0.29, 0.717) is 35.7 Å². The standard InChI is InChI=1S/C41H57N5O9S/c1-10-13-33(39(50)53-9)45-38(49)30(24-35(48)34(44-28(6)47)23-29-15-17-31(18-16-29)54-22-11-2)14-12-21-43-40(42)46-56(51,52)37-26(4)25(3)36-32(27(37)5)19-20-41(7,8)55-36/h10-11,15-18,30,33-34H,1-2,12-14,19-24H2,3-9H3,(H,44,47)(H,45,49)(H3,42,43,46)/t30-,33+,34-/m1/s1. The fraction of sp³-hybridized carbons (Fsp3) is 0.488. The second-order valence-electron chi connectivity index (χ2n) is 14.6. The van der Waals surface area contributed by atoms with Crippen molar-refractivity contribution in [3.05, 3.63) is 77.4 Å². The molecule has 5 N–H and O–H groups in total. The molecule has 1 aliphatic heterocycles. The van der Waals surface area contributed by atoms with Gasteiger partial charge in [-0.25, -0.2) is 17.9 Å². The predicted octanol–water partition coefficient (Wildman–Crippen LogP) is 4.21. The van der Waals surface area contributed by atoms with E-state index >= 15 is 0 Å². The Labute approximate surface area is 330 Å². The Balaban J connectivity index is 1.79. The van der Waals surface area contributed by atoms with E-state index in [1.54, 1.807) is 44.2 Å². The van der Waals surface area contributed by atoms with Crippen LogP contribution in [0.1, 0.15) is 80.7 Å². The number of fused-ring (bicyclic) bond motifs is 1. The maximum Gasteiger partial charge on any atom is 0.328 e. The van der Waals surface area contributed by atoms with Gasteiger partial charge in [-0.1, -0.05) is 30.9 Å². The zero-order valence-electron chi connectivity index (χ0n) is 33.6. The lowest BCUT2D eigenvalue weighted by Crippen LogP contribution is -2.46. The van der Waals surface area contributed by atoms with Gasteiger partial charge in [0.15, 0.2) is 5.78 Å². The van der Waals surface area contributed by atoms with Crippen molar-refractivity contribution < 1.29 is 41.8 Å². The van der Waals surface area contributed by atoms with Gasteiger partial charge >= 0.3 is 5.97 Å². The predicted molar refractivity (Wildman–Crippen MR) is 215 cm³/mol. The van der Waals surface area contributed by atoms with E-state index in [2.05, 4.69) is 33.5 Å². The normalized spacial score (nSPS) is 15.2. The number of hydrogen-bond acceptors (Lipinski definition) is 10. The van der Waals surface area contributed by atoms with Gasteiger partial charge in [-0.2, -0.15) is 0 Å². The van der Waals surface area contributed by atoms with Gasteiger partial charge in [0.2, 0.25) is 17.8 Å². The molecule has 0 aromatic heterocycles. The molecule has 0 fully saturated rings. The smallest absolute Gasteiger partial charge is 0.328 e. The van der Waals surface area contributed by atoms with Crippen LogP contribution < -0.4 is 30.6 Å². The molecule has 2 aromatic carbocycles. The minimum absolute atomic E-state index is 0.0128. The van der Waals surface area contributed by atoms with Crippen molar-refractivity contribution in [3.63, 3.8) is 0 Å². The van der Waals surface area contributed by atoms with Gasteiger partial charge in [0.1, 0.15) is 29.7 Å². The zero-order chi connectivity index (χ0) is 41.8. The quantitative estimate of drug-likeness (QED) is 0.0494. The Morgan fingerprint density at radius 1 is 1.02 bits per heavy atom. The third-order valence-electron chi connectivity index (χ3n) is 9.69. The largest absolute Gasteiger partial charge is 0.490 e. The van der Waals surface area contributed by atoms with E-state index in [9.17, 15) is 27.6 Å². The number of benzene rings is 2. The summed E-state index contributed by atoms with van der Waals surface area (Å²) in [5, 5.41) is 5.36. The van der Waals surface area contributed by atoms with Crippen molar-refractivity contribution in [1.82, 2.24) is 15.4 Å². The van der Waals surface area contributed by atoms with Crippen molar-refractivity contribution in [3.8, 4) is 11.5 Å². The average Bonchev–Trinajstić information content (AvgIpc) is 3.13. The van der Waals surface area contributed by atoms with Crippen LogP contribution in [-0.2, 0) is 46.8 Å². The number of sulfonamides is 1. The van der Waals surface area contributed by atoms with Crippen LogP contribution in [0.15, 0.2) is 59.5 Å². The van der Waals surface area contributed by atoms with Gasteiger partial charge in [0.05, 0.1) is 18.0 Å². The molecule has 306 valence electrons. The summed E-state index contributed by atoms with van der Waals surface area (Å²) in [6, 6.07) is 5.07. The molecule has 1 aliphatic rings. The van der Waals surface area contributed by atoms with Crippen molar-refractivity contribution in [2.24, 2.45) is 16.6 Å². The number of methoxy groups -OCH3 is 1. The number of ether oxygens (including phenoxy) is 3. The molecule has 0 bridgehead atoms. The topological polar surface area (TPSA) is 205 Å². The molecule has 3 atom stereocenters. The summed E-state index contributed by atoms with van der Waals surface area (Å²) < 4.78 is 46.4. The highest BCUT2D eigenvalue weighted by Crippen LogP contribution is 2.42. The number of amides is 2. The minimum Gasteiger partial charge on any atom is -0.490 e. The zero-order valence-corrected chi connectivity index (χ0v) is 34.4. The molecule has 14 nitrogen and oxygen atoms in total.